The average Bonchev–Trinajstić information content (AvgIpc) is 3.30. The van der Waals surface area contributed by atoms with Crippen LogP contribution in [0.1, 0.15) is 43.9 Å². The SMILES string of the molecule is CC(C)Nc1nc(NCc2ccc(F)cc2)cc(C2CC2)n1. The molecule has 1 saturated carbocycles. The Bertz CT molecular complexity index is 636. The van der Waals surface area contributed by atoms with Crippen molar-refractivity contribution in [3.05, 3.63) is 47.4 Å². The Balaban J connectivity index is 1.73. The minimum atomic E-state index is -0.217. The van der Waals surface area contributed by atoms with Crippen LogP contribution in [0, 0.1) is 5.82 Å². The molecule has 0 saturated heterocycles. The molecule has 116 valence electrons. The fourth-order valence-electron chi connectivity index (χ4n) is 2.26. The molecular formula is C17H21FN4. The van der Waals surface area contributed by atoms with E-state index in [2.05, 4.69) is 34.4 Å². The molecular weight excluding hydrogens is 279 g/mol. The maximum atomic E-state index is 12.9. The van der Waals surface area contributed by atoms with E-state index in [9.17, 15) is 4.39 Å². The van der Waals surface area contributed by atoms with Crippen LogP contribution < -0.4 is 10.6 Å². The summed E-state index contributed by atoms with van der Waals surface area (Å²) < 4.78 is 12.9. The summed E-state index contributed by atoms with van der Waals surface area (Å²) in [6, 6.07) is 8.81. The lowest BCUT2D eigenvalue weighted by atomic mass is 10.2. The van der Waals surface area contributed by atoms with E-state index in [-0.39, 0.29) is 5.82 Å². The molecule has 2 N–H and O–H groups in total. The molecule has 5 heteroatoms. The van der Waals surface area contributed by atoms with Crippen LogP contribution in [-0.4, -0.2) is 16.0 Å². The molecule has 0 aliphatic heterocycles. The molecule has 1 heterocycles. The number of nitrogens with one attached hydrogen (secondary N) is 2. The van der Waals surface area contributed by atoms with E-state index >= 15 is 0 Å². The van der Waals surface area contributed by atoms with Gasteiger partial charge in [-0.05, 0) is 44.4 Å². The van der Waals surface area contributed by atoms with Crippen LogP contribution in [0.25, 0.3) is 0 Å². The number of halogens is 1. The fourth-order valence-corrected chi connectivity index (χ4v) is 2.26. The first-order valence-electron chi connectivity index (χ1n) is 7.74. The fraction of sp³-hybridized carbons (Fsp3) is 0.412. The molecule has 2 aromatic rings. The molecule has 0 spiro atoms. The Morgan fingerprint density at radius 2 is 1.91 bits per heavy atom. The van der Waals surface area contributed by atoms with Crippen molar-refractivity contribution in [1.29, 1.82) is 0 Å². The molecule has 1 aromatic carbocycles. The molecule has 0 amide bonds. The Kier molecular flexibility index (Phi) is 4.22. The van der Waals surface area contributed by atoms with Gasteiger partial charge in [0.25, 0.3) is 0 Å². The highest BCUT2D eigenvalue weighted by Gasteiger charge is 2.26. The minimum absolute atomic E-state index is 0.217. The van der Waals surface area contributed by atoms with Crippen LogP contribution >= 0.6 is 0 Å². The van der Waals surface area contributed by atoms with Gasteiger partial charge >= 0.3 is 0 Å². The smallest absolute Gasteiger partial charge is 0.225 e. The second kappa shape index (κ2) is 6.30. The first-order chi connectivity index (χ1) is 10.6. The van der Waals surface area contributed by atoms with E-state index in [1.165, 1.54) is 25.0 Å². The molecule has 1 aromatic heterocycles. The largest absolute Gasteiger partial charge is 0.366 e. The molecule has 1 aliphatic carbocycles. The number of rotatable bonds is 6. The first-order valence-corrected chi connectivity index (χ1v) is 7.74. The zero-order chi connectivity index (χ0) is 15.5. The van der Waals surface area contributed by atoms with Crippen LogP contribution in [0.15, 0.2) is 30.3 Å². The van der Waals surface area contributed by atoms with Gasteiger partial charge in [0.1, 0.15) is 11.6 Å². The van der Waals surface area contributed by atoms with Crippen molar-refractivity contribution in [1.82, 2.24) is 9.97 Å². The standard InChI is InChI=1S/C17H21FN4/c1-11(2)20-17-21-15(13-5-6-13)9-16(22-17)19-10-12-3-7-14(18)8-4-12/h3-4,7-9,11,13H,5-6,10H2,1-2H3,(H2,19,20,21,22). The molecule has 4 nitrogen and oxygen atoms in total. The van der Waals surface area contributed by atoms with Gasteiger partial charge in [0.15, 0.2) is 0 Å². The van der Waals surface area contributed by atoms with Gasteiger partial charge in [-0.1, -0.05) is 12.1 Å². The number of nitrogens with zero attached hydrogens (tertiary/aromatic N) is 2. The van der Waals surface area contributed by atoms with Crippen LogP contribution in [0.4, 0.5) is 16.2 Å². The van der Waals surface area contributed by atoms with E-state index in [4.69, 9.17) is 0 Å². The van der Waals surface area contributed by atoms with Gasteiger partial charge in [-0.3, -0.25) is 0 Å². The van der Waals surface area contributed by atoms with E-state index < -0.39 is 0 Å². The highest BCUT2D eigenvalue weighted by atomic mass is 19.1. The van der Waals surface area contributed by atoms with Gasteiger partial charge in [0, 0.05) is 24.6 Å². The van der Waals surface area contributed by atoms with Gasteiger partial charge in [-0.25, -0.2) is 9.37 Å². The maximum Gasteiger partial charge on any atom is 0.225 e. The van der Waals surface area contributed by atoms with Crippen molar-refractivity contribution < 1.29 is 4.39 Å². The number of benzene rings is 1. The predicted octanol–water partition coefficient (Wildman–Crippen LogP) is 3.93. The molecule has 0 atom stereocenters. The summed E-state index contributed by atoms with van der Waals surface area (Å²) in [6.07, 6.45) is 2.41. The minimum Gasteiger partial charge on any atom is -0.366 e. The topological polar surface area (TPSA) is 49.8 Å². The van der Waals surface area contributed by atoms with E-state index in [1.807, 2.05) is 6.07 Å². The van der Waals surface area contributed by atoms with Crippen molar-refractivity contribution in [2.45, 2.75) is 45.2 Å². The first kappa shape index (κ1) is 14.8. The van der Waals surface area contributed by atoms with E-state index in [1.54, 1.807) is 12.1 Å². The van der Waals surface area contributed by atoms with E-state index in [0.29, 0.717) is 24.5 Å². The lowest BCUT2D eigenvalue weighted by Gasteiger charge is -2.13. The lowest BCUT2D eigenvalue weighted by Crippen LogP contribution is -2.14. The molecule has 0 unspecified atom stereocenters. The number of anilines is 2. The van der Waals surface area contributed by atoms with Gasteiger partial charge in [0.2, 0.25) is 5.95 Å². The van der Waals surface area contributed by atoms with Crippen LogP contribution in [-0.2, 0) is 6.54 Å². The summed E-state index contributed by atoms with van der Waals surface area (Å²) >= 11 is 0. The van der Waals surface area contributed by atoms with Gasteiger partial charge < -0.3 is 10.6 Å². The Hall–Kier alpha value is -2.17. The summed E-state index contributed by atoms with van der Waals surface area (Å²) in [5, 5.41) is 6.57. The number of aromatic nitrogens is 2. The lowest BCUT2D eigenvalue weighted by molar-refractivity contribution is 0.627. The third-order valence-corrected chi connectivity index (χ3v) is 3.55. The van der Waals surface area contributed by atoms with Crippen molar-refractivity contribution in [2.75, 3.05) is 10.6 Å². The second-order valence-corrected chi connectivity index (χ2v) is 6.05. The molecule has 0 bridgehead atoms. The number of hydrogen-bond acceptors (Lipinski definition) is 4. The maximum absolute atomic E-state index is 12.9. The van der Waals surface area contributed by atoms with Crippen molar-refractivity contribution in [3.63, 3.8) is 0 Å². The summed E-state index contributed by atoms with van der Waals surface area (Å²) in [7, 11) is 0. The van der Waals surface area contributed by atoms with Gasteiger partial charge in [-0.2, -0.15) is 4.98 Å². The van der Waals surface area contributed by atoms with Crippen molar-refractivity contribution in [3.8, 4) is 0 Å². The third kappa shape index (κ3) is 3.93. The number of hydrogen-bond donors (Lipinski definition) is 2. The Labute approximate surface area is 130 Å². The average molecular weight is 300 g/mol. The normalized spacial score (nSPS) is 14.2. The molecule has 1 aliphatic rings. The van der Waals surface area contributed by atoms with Crippen LogP contribution in [0.3, 0.4) is 0 Å². The summed E-state index contributed by atoms with van der Waals surface area (Å²) in [5.74, 6) is 1.83. The predicted molar refractivity (Wildman–Crippen MR) is 86.5 cm³/mol. The van der Waals surface area contributed by atoms with Gasteiger partial charge in [0.05, 0.1) is 5.69 Å². The molecule has 0 radical (unpaired) electrons. The second-order valence-electron chi connectivity index (χ2n) is 6.05. The monoisotopic (exact) mass is 300 g/mol. The molecule has 1 fully saturated rings. The van der Waals surface area contributed by atoms with Crippen LogP contribution in [0.5, 0.6) is 0 Å². The Morgan fingerprint density at radius 1 is 1.18 bits per heavy atom. The molecule has 3 rings (SSSR count). The highest BCUT2D eigenvalue weighted by Crippen LogP contribution is 2.39. The third-order valence-electron chi connectivity index (χ3n) is 3.55. The summed E-state index contributed by atoms with van der Waals surface area (Å²) in [5.41, 5.74) is 2.12. The van der Waals surface area contributed by atoms with E-state index in [0.717, 1.165) is 17.1 Å². The van der Waals surface area contributed by atoms with Crippen LogP contribution in [0.2, 0.25) is 0 Å². The summed E-state index contributed by atoms with van der Waals surface area (Å²) in [6.45, 7) is 4.75. The van der Waals surface area contributed by atoms with Gasteiger partial charge in [-0.15, -0.1) is 0 Å². The zero-order valence-corrected chi connectivity index (χ0v) is 12.9. The molecule has 22 heavy (non-hydrogen) atoms. The Morgan fingerprint density at radius 3 is 2.55 bits per heavy atom. The summed E-state index contributed by atoms with van der Waals surface area (Å²) in [4.78, 5) is 9.10. The van der Waals surface area contributed by atoms with Crippen molar-refractivity contribution in [2.24, 2.45) is 0 Å². The quantitative estimate of drug-likeness (QED) is 0.849. The highest BCUT2D eigenvalue weighted by molar-refractivity contribution is 5.44. The zero-order valence-electron chi connectivity index (χ0n) is 12.9. The van der Waals surface area contributed by atoms with Crippen molar-refractivity contribution >= 4 is 11.8 Å².